The number of morpholine rings is 1. The Labute approximate surface area is 197 Å². The van der Waals surface area contributed by atoms with E-state index < -0.39 is 0 Å². The predicted octanol–water partition coefficient (Wildman–Crippen LogP) is 1.90. The molecule has 0 aliphatic carbocycles. The van der Waals surface area contributed by atoms with Crippen molar-refractivity contribution in [2.24, 2.45) is 12.8 Å². The molecule has 9 nitrogen and oxygen atoms in total. The van der Waals surface area contributed by atoms with Crippen molar-refractivity contribution >= 4 is 34.4 Å². The molecule has 4 N–H and O–H groups in total. The zero-order valence-electron chi connectivity index (χ0n) is 18.7. The number of thioether (sulfide) groups is 1. The standard InChI is InChI=1S/C23H29N7O2S/c1-15(9-16-5-3-4-6-19(16)29-21(31)10-24)20-13-25-11-17(32-20)7-8-33-23-18-12-28-30(2)22(18)26-14-27-23/h3-6,12,14,17,20,25H,1,7-11,13,24H2,2H3,(H,29,31)/t17-,20+/m1/s1. The summed E-state index contributed by atoms with van der Waals surface area (Å²) in [6, 6.07) is 7.71. The van der Waals surface area contributed by atoms with E-state index in [9.17, 15) is 4.79 Å². The predicted molar refractivity (Wildman–Crippen MR) is 130 cm³/mol. The largest absolute Gasteiger partial charge is 0.368 e. The average molecular weight is 468 g/mol. The van der Waals surface area contributed by atoms with Crippen LogP contribution in [0, 0.1) is 0 Å². The maximum Gasteiger partial charge on any atom is 0.238 e. The lowest BCUT2D eigenvalue weighted by Crippen LogP contribution is -2.45. The molecule has 1 aliphatic rings. The van der Waals surface area contributed by atoms with E-state index in [1.807, 2.05) is 37.5 Å². The third kappa shape index (κ3) is 5.77. The Kier molecular flexibility index (Phi) is 7.71. The molecule has 1 fully saturated rings. The number of amides is 1. The number of rotatable bonds is 9. The fraction of sp³-hybridized carbons (Fsp3) is 0.391. The van der Waals surface area contributed by atoms with Crippen LogP contribution in [0.3, 0.4) is 0 Å². The van der Waals surface area contributed by atoms with Crippen molar-refractivity contribution < 1.29 is 9.53 Å². The molecule has 2 atom stereocenters. The van der Waals surface area contributed by atoms with Gasteiger partial charge < -0.3 is 21.1 Å². The number of nitrogens with zero attached hydrogens (tertiary/aromatic N) is 4. The van der Waals surface area contributed by atoms with Gasteiger partial charge in [-0.05, 0) is 30.0 Å². The number of aromatic nitrogens is 4. The molecule has 0 saturated carbocycles. The van der Waals surface area contributed by atoms with E-state index in [1.54, 1.807) is 22.8 Å². The number of carbonyl (C=O) groups is 1. The summed E-state index contributed by atoms with van der Waals surface area (Å²) in [7, 11) is 1.88. The smallest absolute Gasteiger partial charge is 0.238 e. The minimum absolute atomic E-state index is 0.0497. The van der Waals surface area contributed by atoms with Crippen LogP contribution in [0.2, 0.25) is 0 Å². The van der Waals surface area contributed by atoms with Gasteiger partial charge in [0, 0.05) is 31.6 Å². The Morgan fingerprint density at radius 1 is 1.36 bits per heavy atom. The Balaban J connectivity index is 1.31. The summed E-state index contributed by atoms with van der Waals surface area (Å²) in [4.78, 5) is 20.4. The number of nitrogens with two attached hydrogens (primary N) is 1. The number of aryl methyl sites for hydroxylation is 1. The normalized spacial score (nSPS) is 18.4. The maximum absolute atomic E-state index is 11.7. The first-order valence-electron chi connectivity index (χ1n) is 10.9. The highest BCUT2D eigenvalue weighted by molar-refractivity contribution is 7.99. The number of benzene rings is 1. The summed E-state index contributed by atoms with van der Waals surface area (Å²) in [5.74, 6) is 0.661. The zero-order chi connectivity index (χ0) is 23.2. The molecule has 1 saturated heterocycles. The highest BCUT2D eigenvalue weighted by Crippen LogP contribution is 2.26. The lowest BCUT2D eigenvalue weighted by atomic mass is 9.99. The number of para-hydroxylation sites is 1. The van der Waals surface area contributed by atoms with E-state index >= 15 is 0 Å². The molecular formula is C23H29N7O2S. The first-order valence-corrected chi connectivity index (χ1v) is 11.9. The summed E-state index contributed by atoms with van der Waals surface area (Å²) >= 11 is 1.69. The Bertz CT molecular complexity index is 1130. The fourth-order valence-corrected chi connectivity index (χ4v) is 4.81. The van der Waals surface area contributed by atoms with Crippen LogP contribution in [0.1, 0.15) is 12.0 Å². The topological polar surface area (TPSA) is 120 Å². The molecule has 1 aromatic carbocycles. The molecule has 0 unspecified atom stereocenters. The third-order valence-corrected chi connectivity index (χ3v) is 6.62. The van der Waals surface area contributed by atoms with Crippen molar-refractivity contribution in [3.05, 3.63) is 54.5 Å². The van der Waals surface area contributed by atoms with Crippen molar-refractivity contribution in [3.63, 3.8) is 0 Å². The Morgan fingerprint density at radius 3 is 3.06 bits per heavy atom. The van der Waals surface area contributed by atoms with Crippen LogP contribution in [-0.2, 0) is 23.0 Å². The molecule has 33 heavy (non-hydrogen) atoms. The van der Waals surface area contributed by atoms with Gasteiger partial charge in [-0.1, -0.05) is 24.8 Å². The van der Waals surface area contributed by atoms with Crippen LogP contribution in [0.4, 0.5) is 5.69 Å². The summed E-state index contributed by atoms with van der Waals surface area (Å²) in [6.45, 7) is 5.76. The summed E-state index contributed by atoms with van der Waals surface area (Å²) in [6.07, 6.45) is 4.90. The Hall–Kier alpha value is -2.79. The fourth-order valence-electron chi connectivity index (χ4n) is 3.81. The number of carbonyl (C=O) groups excluding carboxylic acids is 1. The zero-order valence-corrected chi connectivity index (χ0v) is 19.5. The van der Waals surface area contributed by atoms with Crippen molar-refractivity contribution in [1.29, 1.82) is 0 Å². The van der Waals surface area contributed by atoms with Crippen LogP contribution in [0.15, 0.2) is 54.0 Å². The molecule has 10 heteroatoms. The number of hydrogen-bond donors (Lipinski definition) is 3. The van der Waals surface area contributed by atoms with Gasteiger partial charge in [0.1, 0.15) is 11.4 Å². The quantitative estimate of drug-likeness (QED) is 0.248. The number of nitrogens with one attached hydrogen (secondary N) is 2. The molecule has 3 aromatic rings. The number of anilines is 1. The average Bonchev–Trinajstić information content (AvgIpc) is 3.22. The molecule has 3 heterocycles. The summed E-state index contributed by atoms with van der Waals surface area (Å²) in [5, 5.41) is 12.5. The third-order valence-electron chi connectivity index (χ3n) is 5.58. The van der Waals surface area contributed by atoms with E-state index in [0.29, 0.717) is 6.42 Å². The second-order valence-corrected chi connectivity index (χ2v) is 9.05. The van der Waals surface area contributed by atoms with Crippen LogP contribution < -0.4 is 16.4 Å². The first kappa shape index (κ1) is 23.4. The van der Waals surface area contributed by atoms with Crippen molar-refractivity contribution in [2.45, 2.75) is 30.1 Å². The second-order valence-electron chi connectivity index (χ2n) is 7.97. The summed E-state index contributed by atoms with van der Waals surface area (Å²) < 4.78 is 8.12. The minimum Gasteiger partial charge on any atom is -0.368 e. The molecule has 1 aliphatic heterocycles. The van der Waals surface area contributed by atoms with Gasteiger partial charge in [-0.15, -0.1) is 11.8 Å². The molecular weight excluding hydrogens is 438 g/mol. The number of ether oxygens (including phenoxy) is 1. The van der Waals surface area contributed by atoms with Crippen molar-refractivity contribution in [3.8, 4) is 0 Å². The van der Waals surface area contributed by atoms with Crippen molar-refractivity contribution in [2.75, 3.05) is 30.7 Å². The maximum atomic E-state index is 11.7. The molecule has 0 bridgehead atoms. The SMILES string of the molecule is C=C(Cc1ccccc1NC(=O)CN)[C@@H]1CNC[C@@H](CCSc2ncnc3c2cnn3C)O1. The van der Waals surface area contributed by atoms with E-state index in [2.05, 4.69) is 32.3 Å². The van der Waals surface area contributed by atoms with Gasteiger partial charge in [-0.25, -0.2) is 9.97 Å². The number of fused-ring (bicyclic) bond motifs is 1. The summed E-state index contributed by atoms with van der Waals surface area (Å²) in [5.41, 5.74) is 9.00. The lowest BCUT2D eigenvalue weighted by Gasteiger charge is -2.32. The van der Waals surface area contributed by atoms with E-state index in [-0.39, 0.29) is 24.7 Å². The van der Waals surface area contributed by atoms with Gasteiger partial charge in [0.05, 0.1) is 30.3 Å². The molecule has 1 amide bonds. The van der Waals surface area contributed by atoms with Crippen LogP contribution >= 0.6 is 11.8 Å². The van der Waals surface area contributed by atoms with Gasteiger partial charge in [0.15, 0.2) is 5.65 Å². The molecule has 174 valence electrons. The van der Waals surface area contributed by atoms with Gasteiger partial charge >= 0.3 is 0 Å². The lowest BCUT2D eigenvalue weighted by molar-refractivity contribution is -0.114. The second kappa shape index (κ2) is 10.9. The number of hydrogen-bond acceptors (Lipinski definition) is 8. The Morgan fingerprint density at radius 2 is 2.21 bits per heavy atom. The van der Waals surface area contributed by atoms with E-state index in [1.165, 1.54) is 0 Å². The van der Waals surface area contributed by atoms with Crippen LogP contribution in [-0.4, -0.2) is 63.3 Å². The molecule has 2 aromatic heterocycles. The van der Waals surface area contributed by atoms with E-state index in [4.69, 9.17) is 10.5 Å². The van der Waals surface area contributed by atoms with Gasteiger partial charge in [-0.3, -0.25) is 9.48 Å². The minimum atomic E-state index is -0.214. The van der Waals surface area contributed by atoms with Crippen LogP contribution in [0.5, 0.6) is 0 Å². The first-order chi connectivity index (χ1) is 16.0. The van der Waals surface area contributed by atoms with Crippen molar-refractivity contribution in [1.82, 2.24) is 25.1 Å². The van der Waals surface area contributed by atoms with Gasteiger partial charge in [-0.2, -0.15) is 5.10 Å². The van der Waals surface area contributed by atoms with E-state index in [0.717, 1.165) is 58.1 Å². The highest BCUT2D eigenvalue weighted by Gasteiger charge is 2.24. The van der Waals surface area contributed by atoms with Crippen LogP contribution in [0.25, 0.3) is 11.0 Å². The van der Waals surface area contributed by atoms with Gasteiger partial charge in [0.25, 0.3) is 0 Å². The monoisotopic (exact) mass is 467 g/mol. The molecule has 4 rings (SSSR count). The molecule has 0 radical (unpaired) electrons. The highest BCUT2D eigenvalue weighted by atomic mass is 32.2. The molecule has 0 spiro atoms. The van der Waals surface area contributed by atoms with Gasteiger partial charge in [0.2, 0.25) is 5.91 Å².